The van der Waals surface area contributed by atoms with E-state index in [1.807, 2.05) is 42.5 Å². The lowest BCUT2D eigenvalue weighted by Gasteiger charge is -2.23. The molecule has 0 fully saturated rings. The first-order valence-corrected chi connectivity index (χ1v) is 8.46. The molecule has 25 heavy (non-hydrogen) atoms. The Morgan fingerprint density at radius 1 is 0.880 bits per heavy atom. The molecule has 122 valence electrons. The van der Waals surface area contributed by atoms with Gasteiger partial charge in [0.2, 0.25) is 0 Å². The van der Waals surface area contributed by atoms with Gasteiger partial charge in [-0.1, -0.05) is 66.6 Å². The van der Waals surface area contributed by atoms with Crippen LogP contribution in [0, 0.1) is 12.3 Å². The lowest BCUT2D eigenvalue weighted by Crippen LogP contribution is -2.25. The number of rotatable bonds is 3. The van der Waals surface area contributed by atoms with Gasteiger partial charge in [0.1, 0.15) is 0 Å². The van der Waals surface area contributed by atoms with E-state index in [9.17, 15) is 5.11 Å². The van der Waals surface area contributed by atoms with Crippen molar-refractivity contribution < 1.29 is 5.11 Å². The Hall–Kier alpha value is -3.02. The number of nitrogens with zero attached hydrogens (tertiary/aromatic N) is 1. The van der Waals surface area contributed by atoms with Gasteiger partial charge in [0.15, 0.2) is 5.60 Å². The molecule has 0 bridgehead atoms. The Balaban J connectivity index is 2.01. The summed E-state index contributed by atoms with van der Waals surface area (Å²) in [6.45, 7) is 2.98. The molecule has 1 atom stereocenters. The zero-order valence-electron chi connectivity index (χ0n) is 14.1. The average molecular weight is 325 g/mol. The molecule has 1 aromatic heterocycles. The predicted octanol–water partition coefficient (Wildman–Crippen LogP) is 4.68. The number of aromatic nitrogens is 1. The van der Waals surface area contributed by atoms with Crippen LogP contribution in [0.2, 0.25) is 0 Å². The number of terminal acetylenes is 1. The van der Waals surface area contributed by atoms with Crippen LogP contribution in [0.3, 0.4) is 0 Å². The normalized spacial score (nSPS) is 13.6. The molecule has 2 heteroatoms. The fourth-order valence-electron chi connectivity index (χ4n) is 3.63. The Morgan fingerprint density at radius 3 is 2.28 bits per heavy atom. The summed E-state index contributed by atoms with van der Waals surface area (Å²) < 4.78 is 2.26. The van der Waals surface area contributed by atoms with E-state index in [-0.39, 0.29) is 0 Å². The number of para-hydroxylation sites is 1. The molecule has 0 aliphatic heterocycles. The Kier molecular flexibility index (Phi) is 3.60. The van der Waals surface area contributed by atoms with Gasteiger partial charge < -0.3 is 9.67 Å². The summed E-state index contributed by atoms with van der Waals surface area (Å²) in [6.07, 6.45) is 5.75. The van der Waals surface area contributed by atoms with E-state index in [0.717, 1.165) is 12.1 Å². The molecular formula is C23H19NO. The van der Waals surface area contributed by atoms with Crippen molar-refractivity contribution in [3.05, 3.63) is 83.9 Å². The number of fused-ring (bicyclic) bond motifs is 3. The van der Waals surface area contributed by atoms with E-state index in [0.29, 0.717) is 11.1 Å². The van der Waals surface area contributed by atoms with E-state index in [4.69, 9.17) is 6.42 Å². The third kappa shape index (κ3) is 2.25. The first kappa shape index (κ1) is 15.5. The highest BCUT2D eigenvalue weighted by Gasteiger charge is 2.29. The molecule has 0 radical (unpaired) electrons. The zero-order chi connectivity index (χ0) is 17.4. The predicted molar refractivity (Wildman–Crippen MR) is 103 cm³/mol. The van der Waals surface area contributed by atoms with Crippen LogP contribution in [0.25, 0.3) is 21.8 Å². The van der Waals surface area contributed by atoms with Crippen molar-refractivity contribution in [2.45, 2.75) is 19.1 Å². The largest absolute Gasteiger partial charge is 0.369 e. The number of benzene rings is 3. The van der Waals surface area contributed by atoms with Gasteiger partial charge in [0, 0.05) is 39.5 Å². The van der Waals surface area contributed by atoms with Crippen LogP contribution < -0.4 is 0 Å². The van der Waals surface area contributed by atoms with Crippen LogP contribution in [-0.2, 0) is 12.1 Å². The summed E-state index contributed by atoms with van der Waals surface area (Å²) in [5, 5.41) is 13.6. The molecule has 1 unspecified atom stereocenters. The van der Waals surface area contributed by atoms with E-state index >= 15 is 0 Å². The van der Waals surface area contributed by atoms with Gasteiger partial charge in [-0.3, -0.25) is 0 Å². The highest BCUT2D eigenvalue weighted by Crippen LogP contribution is 2.34. The fraction of sp³-hybridized carbons (Fsp3) is 0.130. The van der Waals surface area contributed by atoms with Crippen LogP contribution in [0.4, 0.5) is 0 Å². The molecule has 0 spiro atoms. The maximum atomic E-state index is 11.2. The zero-order valence-corrected chi connectivity index (χ0v) is 14.1. The molecule has 4 rings (SSSR count). The molecule has 0 aliphatic carbocycles. The topological polar surface area (TPSA) is 25.2 Å². The van der Waals surface area contributed by atoms with Crippen molar-refractivity contribution in [1.29, 1.82) is 0 Å². The number of aryl methyl sites for hydroxylation is 1. The van der Waals surface area contributed by atoms with E-state index in [1.54, 1.807) is 0 Å². The average Bonchev–Trinajstić information content (AvgIpc) is 3.01. The summed E-state index contributed by atoms with van der Waals surface area (Å²) in [5.74, 6) is 2.59. The third-order valence-corrected chi connectivity index (χ3v) is 4.91. The van der Waals surface area contributed by atoms with Gasteiger partial charge in [-0.15, -0.1) is 6.42 Å². The molecule has 4 aromatic rings. The molecular weight excluding hydrogens is 306 g/mol. The van der Waals surface area contributed by atoms with Gasteiger partial charge >= 0.3 is 0 Å². The molecule has 1 heterocycles. The van der Waals surface area contributed by atoms with Crippen molar-refractivity contribution in [3.63, 3.8) is 0 Å². The summed E-state index contributed by atoms with van der Waals surface area (Å²) in [4.78, 5) is 0. The molecule has 0 saturated heterocycles. The highest BCUT2D eigenvalue weighted by atomic mass is 16.3. The van der Waals surface area contributed by atoms with E-state index < -0.39 is 5.60 Å². The van der Waals surface area contributed by atoms with Crippen LogP contribution in [0.15, 0.2) is 72.8 Å². The summed E-state index contributed by atoms with van der Waals surface area (Å²) in [7, 11) is 0. The van der Waals surface area contributed by atoms with Gasteiger partial charge in [0.05, 0.1) is 0 Å². The smallest absolute Gasteiger partial charge is 0.176 e. The van der Waals surface area contributed by atoms with Crippen LogP contribution in [-0.4, -0.2) is 9.67 Å². The number of aliphatic hydroxyl groups is 1. The molecule has 0 amide bonds. The molecule has 3 aromatic carbocycles. The maximum Gasteiger partial charge on any atom is 0.176 e. The van der Waals surface area contributed by atoms with Gasteiger partial charge in [-0.05, 0) is 19.1 Å². The highest BCUT2D eigenvalue weighted by molar-refractivity contribution is 6.08. The quantitative estimate of drug-likeness (QED) is 0.543. The first-order chi connectivity index (χ1) is 12.2. The van der Waals surface area contributed by atoms with Gasteiger partial charge in [-0.25, -0.2) is 0 Å². The van der Waals surface area contributed by atoms with Crippen molar-refractivity contribution >= 4 is 21.8 Å². The second-order valence-corrected chi connectivity index (χ2v) is 6.21. The SMILES string of the molecule is C#CC(O)(c1ccccc1)c1ccc2c3ccccc3n(CC)c2c1. The monoisotopic (exact) mass is 325 g/mol. The lowest BCUT2D eigenvalue weighted by atomic mass is 9.86. The summed E-state index contributed by atoms with van der Waals surface area (Å²) in [6, 6.07) is 23.8. The van der Waals surface area contributed by atoms with Crippen LogP contribution in [0.1, 0.15) is 18.1 Å². The summed E-state index contributed by atoms with van der Waals surface area (Å²) in [5.41, 5.74) is 2.26. The van der Waals surface area contributed by atoms with Crippen LogP contribution >= 0.6 is 0 Å². The molecule has 1 N–H and O–H groups in total. The first-order valence-electron chi connectivity index (χ1n) is 8.46. The summed E-state index contributed by atoms with van der Waals surface area (Å²) >= 11 is 0. The van der Waals surface area contributed by atoms with Crippen molar-refractivity contribution in [1.82, 2.24) is 4.57 Å². The van der Waals surface area contributed by atoms with Gasteiger partial charge in [-0.2, -0.15) is 0 Å². The number of hydrogen-bond donors (Lipinski definition) is 1. The van der Waals surface area contributed by atoms with Crippen molar-refractivity contribution in [3.8, 4) is 12.3 Å². The van der Waals surface area contributed by atoms with E-state index in [2.05, 4.69) is 47.7 Å². The minimum atomic E-state index is -1.44. The minimum absolute atomic E-state index is 0.705. The third-order valence-electron chi connectivity index (χ3n) is 4.91. The Bertz CT molecular complexity index is 1100. The van der Waals surface area contributed by atoms with Crippen molar-refractivity contribution in [2.75, 3.05) is 0 Å². The van der Waals surface area contributed by atoms with Gasteiger partial charge in [0.25, 0.3) is 0 Å². The fourth-order valence-corrected chi connectivity index (χ4v) is 3.63. The molecule has 0 saturated carbocycles. The Morgan fingerprint density at radius 2 is 1.56 bits per heavy atom. The standard InChI is InChI=1S/C23H19NO/c1-3-23(25,17-10-6-5-7-11-17)18-14-15-20-19-12-8-9-13-21(19)24(4-2)22(20)16-18/h1,5-16,25H,4H2,2H3. The number of hydrogen-bond acceptors (Lipinski definition) is 1. The van der Waals surface area contributed by atoms with E-state index in [1.165, 1.54) is 16.3 Å². The maximum absolute atomic E-state index is 11.2. The second-order valence-electron chi connectivity index (χ2n) is 6.21. The molecule has 2 nitrogen and oxygen atoms in total. The second kappa shape index (κ2) is 5.81. The lowest BCUT2D eigenvalue weighted by molar-refractivity contribution is 0.145. The Labute approximate surface area is 147 Å². The van der Waals surface area contributed by atoms with Crippen molar-refractivity contribution in [2.24, 2.45) is 0 Å². The minimum Gasteiger partial charge on any atom is -0.369 e. The molecule has 0 aliphatic rings. The van der Waals surface area contributed by atoms with Crippen LogP contribution in [0.5, 0.6) is 0 Å².